The Labute approximate surface area is 134 Å². The maximum absolute atomic E-state index is 11.9. The first-order valence-corrected chi connectivity index (χ1v) is 6.85. The van der Waals surface area contributed by atoms with E-state index in [2.05, 4.69) is 4.74 Å². The first-order valence-electron chi connectivity index (χ1n) is 6.85. The quantitative estimate of drug-likeness (QED) is 0.480. The molecule has 0 aliphatic carbocycles. The van der Waals surface area contributed by atoms with Crippen molar-refractivity contribution < 1.29 is 24.0 Å². The summed E-state index contributed by atoms with van der Waals surface area (Å²) in [5, 5.41) is 11.0. The average Bonchev–Trinajstić information content (AvgIpc) is 2.44. The Morgan fingerprint density at radius 2 is 1.91 bits per heavy atom. The van der Waals surface area contributed by atoms with Gasteiger partial charge in [0.1, 0.15) is 11.2 Å². The van der Waals surface area contributed by atoms with Gasteiger partial charge in [-0.15, -0.1) is 0 Å². The number of esters is 1. The van der Waals surface area contributed by atoms with E-state index in [4.69, 9.17) is 4.74 Å². The number of rotatable bonds is 4. The Morgan fingerprint density at radius 3 is 2.39 bits per heavy atom. The van der Waals surface area contributed by atoms with E-state index in [-0.39, 0.29) is 17.8 Å². The summed E-state index contributed by atoms with van der Waals surface area (Å²) in [5.41, 5.74) is -0.588. The highest BCUT2D eigenvalue weighted by Crippen LogP contribution is 2.22. The number of amides is 1. The Balaban J connectivity index is 2.99. The molecule has 1 amide bonds. The molecule has 23 heavy (non-hydrogen) atoms. The summed E-state index contributed by atoms with van der Waals surface area (Å²) in [6, 6.07) is 4.03. The molecule has 126 valence electrons. The van der Waals surface area contributed by atoms with E-state index in [1.54, 1.807) is 20.8 Å². The zero-order chi connectivity index (χ0) is 17.8. The van der Waals surface area contributed by atoms with Crippen LogP contribution in [0.5, 0.6) is 0 Å². The minimum atomic E-state index is -0.807. The smallest absolute Gasteiger partial charge is 0.410 e. The van der Waals surface area contributed by atoms with Gasteiger partial charge in [-0.2, -0.15) is 0 Å². The third-order valence-electron chi connectivity index (χ3n) is 2.79. The second-order valence-corrected chi connectivity index (χ2v) is 5.94. The normalized spacial score (nSPS) is 10.8. The van der Waals surface area contributed by atoms with Crippen molar-refractivity contribution in [2.75, 3.05) is 14.2 Å². The zero-order valence-corrected chi connectivity index (χ0v) is 13.8. The van der Waals surface area contributed by atoms with E-state index in [1.807, 2.05) is 0 Å². The van der Waals surface area contributed by atoms with Crippen LogP contribution in [0.15, 0.2) is 18.2 Å². The monoisotopic (exact) mass is 324 g/mol. The molecule has 8 heteroatoms. The fraction of sp³-hybridized carbons (Fsp3) is 0.467. The Bertz CT molecular complexity index is 621. The average molecular weight is 324 g/mol. The summed E-state index contributed by atoms with van der Waals surface area (Å²) in [5.74, 6) is -0.807. The van der Waals surface area contributed by atoms with Gasteiger partial charge < -0.3 is 14.4 Å². The molecule has 0 saturated heterocycles. The summed E-state index contributed by atoms with van der Waals surface area (Å²) in [6.45, 7) is 5.39. The lowest BCUT2D eigenvalue weighted by molar-refractivity contribution is -0.385. The van der Waals surface area contributed by atoms with Crippen molar-refractivity contribution in [3.63, 3.8) is 0 Å². The van der Waals surface area contributed by atoms with Crippen LogP contribution >= 0.6 is 0 Å². The molecular weight excluding hydrogens is 304 g/mol. The summed E-state index contributed by atoms with van der Waals surface area (Å²) in [6.07, 6.45) is -0.532. The molecule has 0 spiro atoms. The van der Waals surface area contributed by atoms with E-state index < -0.39 is 22.6 Å². The minimum Gasteiger partial charge on any atom is -0.465 e. The van der Waals surface area contributed by atoms with Gasteiger partial charge in [0.15, 0.2) is 0 Å². The van der Waals surface area contributed by atoms with Gasteiger partial charge in [-0.05, 0) is 32.4 Å². The molecule has 0 atom stereocenters. The van der Waals surface area contributed by atoms with Crippen LogP contribution in [0.1, 0.15) is 36.7 Å². The summed E-state index contributed by atoms with van der Waals surface area (Å²) in [7, 11) is 2.68. The lowest BCUT2D eigenvalue weighted by atomic mass is 10.1. The van der Waals surface area contributed by atoms with Crippen LogP contribution in [0.2, 0.25) is 0 Å². The SMILES string of the molecule is COC(=O)c1cc(CN(C)C(=O)OC(C)(C)C)ccc1[N+](=O)[O-]. The third-order valence-corrected chi connectivity index (χ3v) is 2.79. The van der Waals surface area contributed by atoms with E-state index >= 15 is 0 Å². The van der Waals surface area contributed by atoms with Gasteiger partial charge >= 0.3 is 12.1 Å². The van der Waals surface area contributed by atoms with Crippen LogP contribution < -0.4 is 0 Å². The Hall–Kier alpha value is -2.64. The van der Waals surface area contributed by atoms with Crippen molar-refractivity contribution in [3.05, 3.63) is 39.4 Å². The fourth-order valence-corrected chi connectivity index (χ4v) is 1.79. The van der Waals surface area contributed by atoms with Crippen molar-refractivity contribution >= 4 is 17.7 Å². The number of carbonyl (C=O) groups excluding carboxylic acids is 2. The van der Waals surface area contributed by atoms with Gasteiger partial charge in [-0.3, -0.25) is 10.1 Å². The van der Waals surface area contributed by atoms with Crippen molar-refractivity contribution in [1.29, 1.82) is 0 Å². The van der Waals surface area contributed by atoms with Crippen LogP contribution in [0.25, 0.3) is 0 Å². The van der Waals surface area contributed by atoms with Crippen LogP contribution in [0.4, 0.5) is 10.5 Å². The number of hydrogen-bond donors (Lipinski definition) is 0. The van der Waals surface area contributed by atoms with Gasteiger partial charge in [0.2, 0.25) is 0 Å². The van der Waals surface area contributed by atoms with E-state index in [0.29, 0.717) is 5.56 Å². The highest BCUT2D eigenvalue weighted by Gasteiger charge is 2.23. The number of ether oxygens (including phenoxy) is 2. The van der Waals surface area contributed by atoms with E-state index in [0.717, 1.165) is 7.11 Å². The van der Waals surface area contributed by atoms with E-state index in [1.165, 1.54) is 30.1 Å². The van der Waals surface area contributed by atoms with Crippen molar-refractivity contribution in [2.24, 2.45) is 0 Å². The summed E-state index contributed by atoms with van der Waals surface area (Å²) < 4.78 is 9.77. The van der Waals surface area contributed by atoms with Gasteiger partial charge in [-0.25, -0.2) is 9.59 Å². The number of hydrogen-bond acceptors (Lipinski definition) is 6. The highest BCUT2D eigenvalue weighted by atomic mass is 16.6. The lowest BCUT2D eigenvalue weighted by Crippen LogP contribution is -2.33. The van der Waals surface area contributed by atoms with Crippen molar-refractivity contribution in [3.8, 4) is 0 Å². The van der Waals surface area contributed by atoms with Crippen LogP contribution in [0.3, 0.4) is 0 Å². The molecule has 0 bridgehead atoms. The molecule has 0 unspecified atom stereocenters. The topological polar surface area (TPSA) is 99.0 Å². The number of nitro benzene ring substituents is 1. The first-order chi connectivity index (χ1) is 10.5. The van der Waals surface area contributed by atoms with Crippen LogP contribution in [-0.4, -0.2) is 41.6 Å². The number of nitrogens with zero attached hydrogens (tertiary/aromatic N) is 2. The molecule has 0 N–H and O–H groups in total. The predicted molar refractivity (Wildman–Crippen MR) is 82.1 cm³/mol. The largest absolute Gasteiger partial charge is 0.465 e. The minimum absolute atomic E-state index is 0.136. The molecule has 0 aromatic heterocycles. The maximum Gasteiger partial charge on any atom is 0.410 e. The molecule has 0 fully saturated rings. The molecule has 0 saturated carbocycles. The molecule has 0 heterocycles. The van der Waals surface area contributed by atoms with Gasteiger partial charge in [0.25, 0.3) is 5.69 Å². The molecule has 0 radical (unpaired) electrons. The van der Waals surface area contributed by atoms with Gasteiger partial charge in [0, 0.05) is 19.7 Å². The molecule has 1 aromatic rings. The lowest BCUT2D eigenvalue weighted by Gasteiger charge is -2.24. The van der Waals surface area contributed by atoms with Gasteiger partial charge in [0.05, 0.1) is 12.0 Å². The molecule has 8 nitrogen and oxygen atoms in total. The number of benzene rings is 1. The molecule has 0 aliphatic heterocycles. The highest BCUT2D eigenvalue weighted by molar-refractivity contribution is 5.94. The fourth-order valence-electron chi connectivity index (χ4n) is 1.79. The molecule has 1 aromatic carbocycles. The molecular formula is C15H20N2O6. The first kappa shape index (κ1) is 18.4. The zero-order valence-electron chi connectivity index (χ0n) is 13.8. The Morgan fingerprint density at radius 1 is 1.30 bits per heavy atom. The van der Waals surface area contributed by atoms with Crippen LogP contribution in [-0.2, 0) is 16.0 Å². The third kappa shape index (κ3) is 5.24. The second kappa shape index (κ2) is 7.08. The summed E-state index contributed by atoms with van der Waals surface area (Å²) in [4.78, 5) is 35.2. The van der Waals surface area contributed by atoms with Crippen molar-refractivity contribution in [2.45, 2.75) is 32.9 Å². The van der Waals surface area contributed by atoms with Crippen molar-refractivity contribution in [1.82, 2.24) is 4.90 Å². The standard InChI is InChI=1S/C15H20N2O6/c1-15(2,3)23-14(19)16(4)9-10-6-7-12(17(20)21)11(8-10)13(18)22-5/h6-8H,9H2,1-5H3. The molecule has 0 aliphatic rings. The maximum atomic E-state index is 11.9. The number of nitro groups is 1. The number of methoxy groups -OCH3 is 1. The number of carbonyl (C=O) groups is 2. The second-order valence-electron chi connectivity index (χ2n) is 5.94. The van der Waals surface area contributed by atoms with Crippen LogP contribution in [0, 0.1) is 10.1 Å². The predicted octanol–water partition coefficient (Wildman–Crippen LogP) is 2.75. The Kier molecular flexibility index (Phi) is 5.67. The van der Waals surface area contributed by atoms with E-state index in [9.17, 15) is 19.7 Å². The molecule has 1 rings (SSSR count). The summed E-state index contributed by atoms with van der Waals surface area (Å²) >= 11 is 0. The van der Waals surface area contributed by atoms with Gasteiger partial charge in [-0.1, -0.05) is 6.07 Å².